The van der Waals surface area contributed by atoms with Crippen molar-refractivity contribution in [3.63, 3.8) is 0 Å². The van der Waals surface area contributed by atoms with Crippen LogP contribution in [0.4, 0.5) is 14.5 Å². The normalized spacial score (nSPS) is 10.4. The minimum atomic E-state index is -0.920. The molecule has 0 heterocycles. The highest BCUT2D eigenvalue weighted by Crippen LogP contribution is 2.27. The molecule has 2 aromatic carbocycles. The largest absolute Gasteiger partial charge is 0.399 e. The second-order valence-electron chi connectivity index (χ2n) is 3.73. The van der Waals surface area contributed by atoms with Crippen molar-refractivity contribution in [3.05, 3.63) is 53.6 Å². The van der Waals surface area contributed by atoms with E-state index in [9.17, 15) is 8.78 Å². The number of nitrogens with two attached hydrogens (primary N) is 1. The molecule has 0 fully saturated rings. The molecule has 0 aliphatic heterocycles. The zero-order valence-electron chi connectivity index (χ0n) is 8.80. The number of aryl methyl sites for hydroxylation is 1. The molecule has 16 heavy (non-hydrogen) atoms. The van der Waals surface area contributed by atoms with Crippen LogP contribution in [-0.4, -0.2) is 0 Å². The highest BCUT2D eigenvalue weighted by atomic mass is 19.2. The lowest BCUT2D eigenvalue weighted by atomic mass is 10.0. The predicted molar refractivity (Wildman–Crippen MR) is 60.9 cm³/mol. The quantitative estimate of drug-likeness (QED) is 0.729. The highest BCUT2D eigenvalue weighted by molar-refractivity contribution is 5.68. The minimum Gasteiger partial charge on any atom is -0.399 e. The van der Waals surface area contributed by atoms with Crippen LogP contribution in [0.25, 0.3) is 11.1 Å². The maximum absolute atomic E-state index is 13.6. The lowest BCUT2D eigenvalue weighted by Gasteiger charge is -2.06. The van der Waals surface area contributed by atoms with Gasteiger partial charge in [-0.1, -0.05) is 29.8 Å². The Balaban J connectivity index is 2.64. The van der Waals surface area contributed by atoms with Crippen molar-refractivity contribution >= 4 is 5.69 Å². The van der Waals surface area contributed by atoms with Crippen molar-refractivity contribution in [3.8, 4) is 11.1 Å². The monoisotopic (exact) mass is 219 g/mol. The van der Waals surface area contributed by atoms with Crippen LogP contribution in [-0.2, 0) is 0 Å². The van der Waals surface area contributed by atoms with Crippen molar-refractivity contribution in [2.75, 3.05) is 5.73 Å². The third kappa shape index (κ3) is 1.89. The molecule has 0 aliphatic rings. The molecule has 0 bridgehead atoms. The van der Waals surface area contributed by atoms with Gasteiger partial charge in [-0.15, -0.1) is 0 Å². The molecule has 0 aliphatic carbocycles. The third-order valence-electron chi connectivity index (χ3n) is 2.38. The number of halogens is 2. The fourth-order valence-electron chi connectivity index (χ4n) is 1.63. The summed E-state index contributed by atoms with van der Waals surface area (Å²) >= 11 is 0. The van der Waals surface area contributed by atoms with Gasteiger partial charge < -0.3 is 5.73 Å². The molecule has 82 valence electrons. The van der Waals surface area contributed by atoms with E-state index >= 15 is 0 Å². The van der Waals surface area contributed by atoms with Gasteiger partial charge in [0.25, 0.3) is 0 Å². The van der Waals surface area contributed by atoms with Crippen LogP contribution in [0.1, 0.15) is 5.56 Å². The predicted octanol–water partition coefficient (Wildman–Crippen LogP) is 3.52. The molecule has 1 nitrogen and oxygen atoms in total. The molecular weight excluding hydrogens is 208 g/mol. The second kappa shape index (κ2) is 3.93. The molecule has 0 radical (unpaired) electrons. The van der Waals surface area contributed by atoms with Crippen molar-refractivity contribution in [1.82, 2.24) is 0 Å². The molecule has 0 atom stereocenters. The summed E-state index contributed by atoms with van der Waals surface area (Å²) in [6, 6.07) is 9.62. The van der Waals surface area contributed by atoms with Crippen LogP contribution in [0.5, 0.6) is 0 Å². The third-order valence-corrected chi connectivity index (χ3v) is 2.38. The number of rotatable bonds is 1. The smallest absolute Gasteiger partial charge is 0.166 e. The summed E-state index contributed by atoms with van der Waals surface area (Å²) in [5.41, 5.74) is 7.52. The second-order valence-corrected chi connectivity index (χ2v) is 3.73. The first-order valence-electron chi connectivity index (χ1n) is 4.89. The van der Waals surface area contributed by atoms with E-state index < -0.39 is 11.6 Å². The summed E-state index contributed by atoms with van der Waals surface area (Å²) < 4.78 is 26.7. The van der Waals surface area contributed by atoms with Gasteiger partial charge in [-0.05, 0) is 24.6 Å². The maximum atomic E-state index is 13.6. The Morgan fingerprint density at radius 2 is 1.81 bits per heavy atom. The minimum absolute atomic E-state index is 0.196. The van der Waals surface area contributed by atoms with E-state index in [0.29, 0.717) is 5.56 Å². The van der Waals surface area contributed by atoms with E-state index in [1.807, 2.05) is 13.0 Å². The summed E-state index contributed by atoms with van der Waals surface area (Å²) in [6.07, 6.45) is 0. The average molecular weight is 219 g/mol. The molecule has 0 unspecified atom stereocenters. The molecule has 2 rings (SSSR count). The van der Waals surface area contributed by atoms with Crippen LogP contribution >= 0.6 is 0 Å². The van der Waals surface area contributed by atoms with Crippen LogP contribution in [0.3, 0.4) is 0 Å². The van der Waals surface area contributed by atoms with Crippen molar-refractivity contribution in [1.29, 1.82) is 0 Å². The standard InChI is InChI=1S/C13H11F2N/c1-8-3-2-4-9(5-8)11-6-10(16)7-12(14)13(11)15/h2-7H,16H2,1H3. The van der Waals surface area contributed by atoms with Crippen LogP contribution in [0.2, 0.25) is 0 Å². The van der Waals surface area contributed by atoms with E-state index in [1.165, 1.54) is 6.07 Å². The Bertz CT molecular complexity index is 535. The average Bonchev–Trinajstić information content (AvgIpc) is 2.23. The highest BCUT2D eigenvalue weighted by Gasteiger charge is 2.11. The van der Waals surface area contributed by atoms with Crippen LogP contribution in [0, 0.1) is 18.6 Å². The number of hydrogen-bond donors (Lipinski definition) is 1. The Labute approximate surface area is 92.5 Å². The van der Waals surface area contributed by atoms with E-state index in [-0.39, 0.29) is 11.3 Å². The Morgan fingerprint density at radius 1 is 1.06 bits per heavy atom. The lowest BCUT2D eigenvalue weighted by Crippen LogP contribution is -1.94. The van der Waals surface area contributed by atoms with Crippen molar-refractivity contribution in [2.45, 2.75) is 6.92 Å². The summed E-state index contributed by atoms with van der Waals surface area (Å²) in [4.78, 5) is 0. The molecule has 2 aromatic rings. The summed E-state index contributed by atoms with van der Waals surface area (Å²) in [5.74, 6) is -1.78. The summed E-state index contributed by atoms with van der Waals surface area (Å²) in [7, 11) is 0. The van der Waals surface area contributed by atoms with Gasteiger partial charge in [0.05, 0.1) is 0 Å². The summed E-state index contributed by atoms with van der Waals surface area (Å²) in [6.45, 7) is 1.89. The molecule has 0 saturated heterocycles. The zero-order chi connectivity index (χ0) is 11.7. The van der Waals surface area contributed by atoms with E-state index in [4.69, 9.17) is 5.73 Å². The molecule has 0 saturated carbocycles. The van der Waals surface area contributed by atoms with Gasteiger partial charge >= 0.3 is 0 Å². The van der Waals surface area contributed by atoms with E-state index in [2.05, 4.69) is 0 Å². The van der Waals surface area contributed by atoms with Gasteiger partial charge in [0.1, 0.15) is 0 Å². The molecule has 0 spiro atoms. The fourth-order valence-corrected chi connectivity index (χ4v) is 1.63. The first-order valence-corrected chi connectivity index (χ1v) is 4.89. The maximum Gasteiger partial charge on any atom is 0.166 e. The van der Waals surface area contributed by atoms with E-state index in [1.54, 1.807) is 18.2 Å². The number of anilines is 1. The van der Waals surface area contributed by atoms with Gasteiger partial charge in [0.15, 0.2) is 11.6 Å². The van der Waals surface area contributed by atoms with Crippen LogP contribution in [0.15, 0.2) is 36.4 Å². The lowest BCUT2D eigenvalue weighted by molar-refractivity contribution is 0.512. The number of benzene rings is 2. The Morgan fingerprint density at radius 3 is 2.50 bits per heavy atom. The molecule has 3 heteroatoms. The SMILES string of the molecule is Cc1cccc(-c2cc(N)cc(F)c2F)c1. The van der Waals surface area contributed by atoms with Gasteiger partial charge in [-0.2, -0.15) is 0 Å². The fraction of sp³-hybridized carbons (Fsp3) is 0.0769. The molecular formula is C13H11F2N. The Kier molecular flexibility index (Phi) is 2.60. The number of hydrogen-bond acceptors (Lipinski definition) is 1. The van der Waals surface area contributed by atoms with Crippen molar-refractivity contribution in [2.24, 2.45) is 0 Å². The van der Waals surface area contributed by atoms with Gasteiger partial charge in [-0.25, -0.2) is 8.78 Å². The molecule has 0 amide bonds. The first kappa shape index (κ1) is 10.6. The summed E-state index contributed by atoms with van der Waals surface area (Å²) in [5, 5.41) is 0. The van der Waals surface area contributed by atoms with Crippen molar-refractivity contribution < 1.29 is 8.78 Å². The first-order chi connectivity index (χ1) is 7.58. The molecule has 0 aromatic heterocycles. The van der Waals surface area contributed by atoms with Crippen LogP contribution < -0.4 is 5.73 Å². The zero-order valence-corrected chi connectivity index (χ0v) is 8.80. The molecule has 2 N–H and O–H groups in total. The van der Waals surface area contributed by atoms with Gasteiger partial charge in [-0.3, -0.25) is 0 Å². The van der Waals surface area contributed by atoms with E-state index in [0.717, 1.165) is 11.6 Å². The van der Waals surface area contributed by atoms with Gasteiger partial charge in [0, 0.05) is 11.3 Å². The Hall–Kier alpha value is -1.90. The van der Waals surface area contributed by atoms with Gasteiger partial charge in [0.2, 0.25) is 0 Å². The topological polar surface area (TPSA) is 26.0 Å². The number of nitrogen functional groups attached to an aromatic ring is 1.